The number of ether oxygens (including phenoxy) is 1. The lowest BCUT2D eigenvalue weighted by atomic mass is 10.1. The number of hydrogen-bond acceptors (Lipinski definition) is 5. The summed E-state index contributed by atoms with van der Waals surface area (Å²) in [5, 5.41) is 1.35. The Labute approximate surface area is 170 Å². The molecule has 0 amide bonds. The van der Waals surface area contributed by atoms with Gasteiger partial charge in [0.2, 0.25) is 0 Å². The Morgan fingerprint density at radius 3 is 2.78 bits per heavy atom. The molecule has 0 fully saturated rings. The van der Waals surface area contributed by atoms with Gasteiger partial charge in [-0.25, -0.2) is 9.78 Å². The van der Waals surface area contributed by atoms with Crippen molar-refractivity contribution in [1.82, 2.24) is 9.97 Å². The highest BCUT2D eigenvalue weighted by Gasteiger charge is 2.20. The fraction of sp³-hybridized carbons (Fsp3) is 0.316. The number of nitrogens with one attached hydrogen (secondary N) is 1. The lowest BCUT2D eigenvalue weighted by molar-refractivity contribution is 0.0505. The number of benzene rings is 1. The molecule has 0 atom stereocenters. The van der Waals surface area contributed by atoms with Gasteiger partial charge in [-0.15, -0.1) is 11.3 Å². The molecule has 142 valence electrons. The molecule has 0 saturated heterocycles. The molecule has 27 heavy (non-hydrogen) atoms. The van der Waals surface area contributed by atoms with E-state index in [1.807, 2.05) is 13.0 Å². The molecule has 8 heteroatoms. The highest BCUT2D eigenvalue weighted by atomic mass is 35.5. The number of aromatic amines is 1. The van der Waals surface area contributed by atoms with Crippen LogP contribution in [0.4, 0.5) is 0 Å². The molecule has 1 N–H and O–H groups in total. The number of unbranched alkanes of at least 4 members (excludes halogenated alkanes) is 1. The van der Waals surface area contributed by atoms with Gasteiger partial charge in [0.1, 0.15) is 15.5 Å². The van der Waals surface area contributed by atoms with Gasteiger partial charge in [0.25, 0.3) is 5.56 Å². The topological polar surface area (TPSA) is 72.0 Å². The van der Waals surface area contributed by atoms with E-state index in [0.717, 1.165) is 18.4 Å². The van der Waals surface area contributed by atoms with Gasteiger partial charge in [-0.3, -0.25) is 4.79 Å². The Bertz CT molecular complexity index is 1060. The second-order valence-electron chi connectivity index (χ2n) is 6.16. The summed E-state index contributed by atoms with van der Waals surface area (Å²) in [5.41, 5.74) is 1.21. The lowest BCUT2D eigenvalue weighted by Crippen LogP contribution is -2.12. The van der Waals surface area contributed by atoms with Gasteiger partial charge in [0, 0.05) is 6.42 Å². The zero-order valence-corrected chi connectivity index (χ0v) is 17.2. The van der Waals surface area contributed by atoms with E-state index in [2.05, 4.69) is 9.97 Å². The molecule has 2 heterocycles. The number of esters is 1. The van der Waals surface area contributed by atoms with E-state index in [-0.39, 0.29) is 5.56 Å². The summed E-state index contributed by atoms with van der Waals surface area (Å²) in [5.74, 6) is 0.0902. The van der Waals surface area contributed by atoms with Crippen molar-refractivity contribution in [3.8, 4) is 0 Å². The van der Waals surface area contributed by atoms with E-state index in [9.17, 15) is 9.59 Å². The van der Waals surface area contributed by atoms with E-state index >= 15 is 0 Å². The van der Waals surface area contributed by atoms with Gasteiger partial charge in [0.05, 0.1) is 22.0 Å². The molecule has 0 bridgehead atoms. The third kappa shape index (κ3) is 4.34. The molecule has 0 aliphatic carbocycles. The summed E-state index contributed by atoms with van der Waals surface area (Å²) >= 11 is 13.2. The second-order valence-corrected chi connectivity index (χ2v) is 7.98. The molecular formula is C19H18Cl2N2O3S. The molecule has 0 saturated carbocycles. The van der Waals surface area contributed by atoms with Gasteiger partial charge < -0.3 is 9.72 Å². The molecule has 1 aromatic carbocycles. The van der Waals surface area contributed by atoms with Crippen LogP contribution in [0.5, 0.6) is 0 Å². The quantitative estimate of drug-likeness (QED) is 0.438. The highest BCUT2D eigenvalue weighted by molar-refractivity contribution is 7.20. The van der Waals surface area contributed by atoms with Gasteiger partial charge in [-0.1, -0.05) is 42.6 Å². The van der Waals surface area contributed by atoms with E-state index < -0.39 is 5.97 Å². The molecule has 0 aliphatic rings. The number of fused-ring (bicyclic) bond motifs is 1. The minimum absolute atomic E-state index is 0.267. The summed E-state index contributed by atoms with van der Waals surface area (Å²) < 4.78 is 5.27. The maximum atomic E-state index is 12.5. The fourth-order valence-corrected chi connectivity index (χ4v) is 4.10. The summed E-state index contributed by atoms with van der Waals surface area (Å²) in [6, 6.07) is 5.27. The summed E-state index contributed by atoms with van der Waals surface area (Å²) in [6.07, 6.45) is 2.15. The van der Waals surface area contributed by atoms with Crippen LogP contribution in [0.2, 0.25) is 10.0 Å². The molecule has 0 radical (unpaired) electrons. The molecular weight excluding hydrogens is 407 g/mol. The number of aryl methyl sites for hydroxylation is 1. The van der Waals surface area contributed by atoms with Crippen molar-refractivity contribution in [3.63, 3.8) is 0 Å². The average Bonchev–Trinajstić information content (AvgIpc) is 2.95. The SMILES string of the molecule is CCCCOC(=O)c1sc2nc(Cc3ccc(Cl)c(Cl)c3)[nH]c(=O)c2c1C. The largest absolute Gasteiger partial charge is 0.462 e. The van der Waals surface area contributed by atoms with Crippen LogP contribution < -0.4 is 5.56 Å². The number of hydrogen-bond donors (Lipinski definition) is 1. The van der Waals surface area contributed by atoms with Gasteiger partial charge in [0.15, 0.2) is 0 Å². The minimum Gasteiger partial charge on any atom is -0.462 e. The van der Waals surface area contributed by atoms with Crippen molar-refractivity contribution in [1.29, 1.82) is 0 Å². The van der Waals surface area contributed by atoms with Crippen LogP contribution >= 0.6 is 34.5 Å². The molecule has 2 aromatic heterocycles. The van der Waals surface area contributed by atoms with Crippen LogP contribution in [0.15, 0.2) is 23.0 Å². The molecule has 3 rings (SSSR count). The zero-order chi connectivity index (χ0) is 19.6. The third-order valence-corrected chi connectivity index (χ3v) is 6.03. The number of thiophene rings is 1. The van der Waals surface area contributed by atoms with Crippen LogP contribution in [-0.4, -0.2) is 22.5 Å². The zero-order valence-electron chi connectivity index (χ0n) is 14.9. The first kappa shape index (κ1) is 19.9. The number of carbonyl (C=O) groups excluding carboxylic acids is 1. The number of halogens is 2. The Hall–Kier alpha value is -1.89. The van der Waals surface area contributed by atoms with Crippen molar-refractivity contribution >= 4 is 50.7 Å². The predicted octanol–water partition coefficient (Wildman–Crippen LogP) is 5.15. The molecule has 3 aromatic rings. The normalized spacial score (nSPS) is 11.1. The molecule has 5 nitrogen and oxygen atoms in total. The van der Waals surface area contributed by atoms with Crippen LogP contribution in [0.25, 0.3) is 10.2 Å². The van der Waals surface area contributed by atoms with Gasteiger partial charge >= 0.3 is 5.97 Å². The van der Waals surface area contributed by atoms with E-state index in [1.54, 1.807) is 19.1 Å². The van der Waals surface area contributed by atoms with Gasteiger partial charge in [-0.05, 0) is 36.6 Å². The first-order valence-corrected chi connectivity index (χ1v) is 10.1. The average molecular weight is 425 g/mol. The summed E-state index contributed by atoms with van der Waals surface area (Å²) in [4.78, 5) is 33.1. The first-order valence-electron chi connectivity index (χ1n) is 8.54. The Morgan fingerprint density at radius 1 is 1.30 bits per heavy atom. The van der Waals surface area contributed by atoms with Crippen molar-refractivity contribution in [2.45, 2.75) is 33.1 Å². The maximum absolute atomic E-state index is 12.5. The second kappa shape index (κ2) is 8.42. The molecule has 0 spiro atoms. The molecule has 0 unspecified atom stereocenters. The van der Waals surface area contributed by atoms with Gasteiger partial charge in [-0.2, -0.15) is 0 Å². The van der Waals surface area contributed by atoms with Crippen molar-refractivity contribution in [2.24, 2.45) is 0 Å². The number of carbonyl (C=O) groups is 1. The van der Waals surface area contributed by atoms with Crippen LogP contribution in [-0.2, 0) is 11.2 Å². The number of H-pyrrole nitrogens is 1. The highest BCUT2D eigenvalue weighted by Crippen LogP contribution is 2.28. The minimum atomic E-state index is -0.408. The van der Waals surface area contributed by atoms with Crippen molar-refractivity contribution < 1.29 is 9.53 Å². The number of rotatable bonds is 6. The van der Waals surface area contributed by atoms with Crippen LogP contribution in [0, 0.1) is 6.92 Å². The Balaban J connectivity index is 1.93. The van der Waals surface area contributed by atoms with Crippen molar-refractivity contribution in [2.75, 3.05) is 6.61 Å². The first-order chi connectivity index (χ1) is 12.9. The standard InChI is InChI=1S/C19H18Cl2N2O3S/c1-3-4-7-26-19(25)16-10(2)15-17(24)22-14(23-18(15)27-16)9-11-5-6-12(20)13(21)8-11/h5-6,8H,3-4,7,9H2,1-2H3,(H,22,23,24). The monoisotopic (exact) mass is 424 g/mol. The van der Waals surface area contributed by atoms with E-state index in [0.29, 0.717) is 49.6 Å². The smallest absolute Gasteiger partial charge is 0.348 e. The summed E-state index contributed by atoms with van der Waals surface area (Å²) in [7, 11) is 0. The summed E-state index contributed by atoms with van der Waals surface area (Å²) in [6.45, 7) is 4.14. The number of aromatic nitrogens is 2. The predicted molar refractivity (Wildman–Crippen MR) is 109 cm³/mol. The fourth-order valence-electron chi connectivity index (χ4n) is 2.68. The van der Waals surface area contributed by atoms with Crippen LogP contribution in [0.1, 0.15) is 46.4 Å². The maximum Gasteiger partial charge on any atom is 0.348 e. The van der Waals surface area contributed by atoms with E-state index in [4.69, 9.17) is 27.9 Å². The third-order valence-electron chi connectivity index (χ3n) is 4.12. The Morgan fingerprint density at radius 2 is 2.07 bits per heavy atom. The number of nitrogens with zero attached hydrogens (tertiary/aromatic N) is 1. The molecule has 0 aliphatic heterocycles. The van der Waals surface area contributed by atoms with E-state index in [1.165, 1.54) is 11.3 Å². The Kier molecular flexibility index (Phi) is 6.19. The lowest BCUT2D eigenvalue weighted by Gasteiger charge is -2.03. The van der Waals surface area contributed by atoms with Crippen molar-refractivity contribution in [3.05, 3.63) is 60.4 Å². The van der Waals surface area contributed by atoms with Crippen LogP contribution in [0.3, 0.4) is 0 Å².